The van der Waals surface area contributed by atoms with E-state index in [9.17, 15) is 8.78 Å². The van der Waals surface area contributed by atoms with Gasteiger partial charge in [0.1, 0.15) is 17.2 Å². The van der Waals surface area contributed by atoms with Crippen LogP contribution in [0.2, 0.25) is 0 Å². The number of nitrogen functional groups attached to an aromatic ring is 1. The molecule has 0 spiro atoms. The Balaban J connectivity index is 2.21. The van der Waals surface area contributed by atoms with E-state index < -0.39 is 11.6 Å². The Bertz CT molecular complexity index is 798. The Hall–Kier alpha value is -2.47. The summed E-state index contributed by atoms with van der Waals surface area (Å²) in [6.07, 6.45) is 1.65. The second-order valence-corrected chi connectivity index (χ2v) is 4.40. The fraction of sp³-hybridized carbons (Fsp3) is 0.0714. The van der Waals surface area contributed by atoms with Crippen molar-refractivity contribution in [1.29, 1.82) is 0 Å². The summed E-state index contributed by atoms with van der Waals surface area (Å²) in [7, 11) is 0. The standard InChI is InChI=1S/C14H11F2N3O/c15-10-3-2-9(5-11(10)16)13-14(17)19-6-8(7-20)1-4-12(19)18-13/h1-6,20H,7,17H2. The van der Waals surface area contributed by atoms with E-state index >= 15 is 0 Å². The quantitative estimate of drug-likeness (QED) is 0.754. The lowest BCUT2D eigenvalue weighted by molar-refractivity contribution is 0.281. The summed E-state index contributed by atoms with van der Waals surface area (Å²) in [5.41, 5.74) is 8.01. The minimum absolute atomic E-state index is 0.117. The number of aliphatic hydroxyl groups excluding tert-OH is 1. The van der Waals surface area contributed by atoms with Crippen LogP contribution in [-0.4, -0.2) is 14.5 Å². The number of aromatic nitrogens is 2. The molecule has 2 aromatic heterocycles. The molecule has 0 saturated heterocycles. The van der Waals surface area contributed by atoms with Gasteiger partial charge in [-0.05, 0) is 29.8 Å². The molecule has 0 aliphatic carbocycles. The number of nitrogens with zero attached hydrogens (tertiary/aromatic N) is 2. The second-order valence-electron chi connectivity index (χ2n) is 4.40. The minimum Gasteiger partial charge on any atom is -0.392 e. The Labute approximate surface area is 113 Å². The molecule has 0 unspecified atom stereocenters. The predicted molar refractivity (Wildman–Crippen MR) is 70.9 cm³/mol. The van der Waals surface area contributed by atoms with Crippen LogP contribution in [0.1, 0.15) is 5.56 Å². The maximum absolute atomic E-state index is 13.3. The van der Waals surface area contributed by atoms with Crippen molar-refractivity contribution in [2.75, 3.05) is 5.73 Å². The molecule has 6 heteroatoms. The number of fused-ring (bicyclic) bond motifs is 1. The number of aliphatic hydroxyl groups is 1. The highest BCUT2D eigenvalue weighted by molar-refractivity contribution is 5.75. The Morgan fingerprint density at radius 1 is 1.15 bits per heavy atom. The van der Waals surface area contributed by atoms with Crippen molar-refractivity contribution in [3.63, 3.8) is 0 Å². The van der Waals surface area contributed by atoms with E-state index in [0.717, 1.165) is 12.1 Å². The average Bonchev–Trinajstić information content (AvgIpc) is 2.79. The van der Waals surface area contributed by atoms with Gasteiger partial charge in [0.25, 0.3) is 0 Å². The first-order valence-electron chi connectivity index (χ1n) is 5.93. The summed E-state index contributed by atoms with van der Waals surface area (Å²) < 4.78 is 27.8. The van der Waals surface area contributed by atoms with Crippen molar-refractivity contribution in [3.8, 4) is 11.3 Å². The summed E-state index contributed by atoms with van der Waals surface area (Å²) in [6, 6.07) is 6.93. The van der Waals surface area contributed by atoms with E-state index in [-0.39, 0.29) is 6.61 Å². The van der Waals surface area contributed by atoms with Gasteiger partial charge in [0.15, 0.2) is 11.6 Å². The zero-order valence-electron chi connectivity index (χ0n) is 10.3. The van der Waals surface area contributed by atoms with Crippen LogP contribution in [0.5, 0.6) is 0 Å². The maximum Gasteiger partial charge on any atom is 0.159 e. The zero-order chi connectivity index (χ0) is 14.3. The van der Waals surface area contributed by atoms with Crippen molar-refractivity contribution in [1.82, 2.24) is 9.38 Å². The van der Waals surface area contributed by atoms with E-state index in [1.54, 1.807) is 22.7 Å². The number of halogens is 2. The molecular weight excluding hydrogens is 264 g/mol. The number of hydrogen-bond donors (Lipinski definition) is 2. The topological polar surface area (TPSA) is 63.5 Å². The summed E-state index contributed by atoms with van der Waals surface area (Å²) >= 11 is 0. The number of nitrogens with two attached hydrogens (primary N) is 1. The molecule has 4 nitrogen and oxygen atoms in total. The van der Waals surface area contributed by atoms with Crippen molar-refractivity contribution in [2.24, 2.45) is 0 Å². The fourth-order valence-corrected chi connectivity index (χ4v) is 2.06. The smallest absolute Gasteiger partial charge is 0.159 e. The lowest BCUT2D eigenvalue weighted by atomic mass is 10.1. The first kappa shape index (κ1) is 12.6. The van der Waals surface area contributed by atoms with Gasteiger partial charge in [0.2, 0.25) is 0 Å². The third-order valence-corrected chi connectivity index (χ3v) is 3.09. The van der Waals surface area contributed by atoms with Crippen LogP contribution in [0.4, 0.5) is 14.6 Å². The third kappa shape index (κ3) is 1.90. The molecule has 0 fully saturated rings. The minimum atomic E-state index is -0.949. The van der Waals surface area contributed by atoms with Gasteiger partial charge in [-0.3, -0.25) is 4.40 Å². The number of anilines is 1. The van der Waals surface area contributed by atoms with Crippen molar-refractivity contribution >= 4 is 11.5 Å². The fourth-order valence-electron chi connectivity index (χ4n) is 2.06. The van der Waals surface area contributed by atoms with Crippen LogP contribution in [0.15, 0.2) is 36.5 Å². The van der Waals surface area contributed by atoms with Crippen LogP contribution in [0.25, 0.3) is 16.9 Å². The van der Waals surface area contributed by atoms with Gasteiger partial charge in [-0.2, -0.15) is 0 Å². The lowest BCUT2D eigenvalue weighted by Gasteiger charge is -2.01. The van der Waals surface area contributed by atoms with E-state index in [1.807, 2.05) is 0 Å². The van der Waals surface area contributed by atoms with Gasteiger partial charge in [-0.15, -0.1) is 0 Å². The monoisotopic (exact) mass is 275 g/mol. The van der Waals surface area contributed by atoms with Crippen molar-refractivity contribution in [2.45, 2.75) is 6.61 Å². The Morgan fingerprint density at radius 3 is 2.65 bits per heavy atom. The molecule has 0 saturated carbocycles. The molecule has 1 aromatic carbocycles. The molecule has 0 bridgehead atoms. The molecule has 0 atom stereocenters. The number of benzene rings is 1. The van der Waals surface area contributed by atoms with E-state index in [4.69, 9.17) is 10.8 Å². The molecule has 3 rings (SSSR count). The second kappa shape index (κ2) is 4.57. The molecule has 0 radical (unpaired) electrons. The lowest BCUT2D eigenvalue weighted by Crippen LogP contribution is -1.96. The van der Waals surface area contributed by atoms with Crippen molar-refractivity contribution < 1.29 is 13.9 Å². The molecule has 0 aliphatic rings. The highest BCUT2D eigenvalue weighted by atomic mass is 19.2. The number of pyridine rings is 1. The van der Waals surface area contributed by atoms with E-state index in [0.29, 0.717) is 28.3 Å². The molecular formula is C14H11F2N3O. The SMILES string of the molecule is Nc1c(-c2ccc(F)c(F)c2)nc2ccc(CO)cn12. The normalized spacial score (nSPS) is 11.2. The number of hydrogen-bond acceptors (Lipinski definition) is 3. The molecule has 20 heavy (non-hydrogen) atoms. The third-order valence-electron chi connectivity index (χ3n) is 3.09. The maximum atomic E-state index is 13.3. The van der Waals surface area contributed by atoms with Gasteiger partial charge in [-0.25, -0.2) is 13.8 Å². The van der Waals surface area contributed by atoms with Crippen molar-refractivity contribution in [3.05, 3.63) is 53.7 Å². The van der Waals surface area contributed by atoms with E-state index in [1.165, 1.54) is 6.07 Å². The van der Waals surface area contributed by atoms with Crippen LogP contribution >= 0.6 is 0 Å². The highest BCUT2D eigenvalue weighted by Crippen LogP contribution is 2.27. The predicted octanol–water partition coefficient (Wildman–Crippen LogP) is 2.35. The van der Waals surface area contributed by atoms with Crippen LogP contribution in [0, 0.1) is 11.6 Å². The van der Waals surface area contributed by atoms with E-state index in [2.05, 4.69) is 4.98 Å². The van der Waals surface area contributed by atoms with Crippen LogP contribution in [0.3, 0.4) is 0 Å². The number of rotatable bonds is 2. The summed E-state index contributed by atoms with van der Waals surface area (Å²) in [6.45, 7) is -0.117. The van der Waals surface area contributed by atoms with Gasteiger partial charge < -0.3 is 10.8 Å². The molecule has 0 aliphatic heterocycles. The highest BCUT2D eigenvalue weighted by Gasteiger charge is 2.13. The largest absolute Gasteiger partial charge is 0.392 e. The van der Waals surface area contributed by atoms with Gasteiger partial charge in [0.05, 0.1) is 6.61 Å². The van der Waals surface area contributed by atoms with Gasteiger partial charge in [-0.1, -0.05) is 6.07 Å². The first-order valence-corrected chi connectivity index (χ1v) is 5.93. The molecule has 3 aromatic rings. The first-order chi connectivity index (χ1) is 9.60. The van der Waals surface area contributed by atoms with Gasteiger partial charge in [0, 0.05) is 11.8 Å². The zero-order valence-corrected chi connectivity index (χ0v) is 10.3. The molecule has 3 N–H and O–H groups in total. The molecule has 0 amide bonds. The van der Waals surface area contributed by atoms with Gasteiger partial charge >= 0.3 is 0 Å². The number of imidazole rings is 1. The average molecular weight is 275 g/mol. The molecule has 2 heterocycles. The summed E-state index contributed by atoms with van der Waals surface area (Å²) in [5, 5.41) is 9.11. The Morgan fingerprint density at radius 2 is 1.95 bits per heavy atom. The summed E-state index contributed by atoms with van der Waals surface area (Å²) in [4.78, 5) is 4.30. The Kier molecular flexibility index (Phi) is 2.87. The summed E-state index contributed by atoms with van der Waals surface area (Å²) in [5.74, 6) is -1.56. The van der Waals surface area contributed by atoms with Crippen LogP contribution < -0.4 is 5.73 Å². The molecule has 102 valence electrons. The van der Waals surface area contributed by atoms with Crippen LogP contribution in [-0.2, 0) is 6.61 Å².